The van der Waals surface area contributed by atoms with Gasteiger partial charge in [0, 0.05) is 0 Å². The smallest absolute Gasteiger partial charge is 0.0619 e. The molecule has 0 unspecified atom stereocenters. The summed E-state index contributed by atoms with van der Waals surface area (Å²) in [6, 6.07) is 0. The van der Waals surface area contributed by atoms with E-state index in [0.29, 0.717) is 0 Å². The normalized spacial score (nSPS) is 13.9. The van der Waals surface area contributed by atoms with Gasteiger partial charge in [0.05, 0.1) is 5.60 Å². The van der Waals surface area contributed by atoms with E-state index in [9.17, 15) is 9.79 Å². The monoisotopic (exact) mass is 168 g/mol. The fourth-order valence-corrected chi connectivity index (χ4v) is 1.68. The molecule has 0 aliphatic rings. The molecule has 0 aliphatic heterocycles. The molecule has 0 rings (SSSR count). The van der Waals surface area contributed by atoms with Crippen LogP contribution in [-0.4, -0.2) is 5.60 Å². The third-order valence-corrected chi connectivity index (χ3v) is 1.38. The first-order chi connectivity index (χ1) is 3.71. The predicted octanol–water partition coefficient (Wildman–Crippen LogP) is -0.253. The Hall–Kier alpha value is 0.530. The lowest BCUT2D eigenvalue weighted by molar-refractivity contribution is -0.327. The van der Waals surface area contributed by atoms with Gasteiger partial charge < -0.3 is 14.3 Å². The first-order valence-corrected chi connectivity index (χ1v) is 4.99. The molecule has 0 spiro atoms. The Morgan fingerprint density at radius 2 is 1.67 bits per heavy atom. The van der Waals surface area contributed by atoms with Gasteiger partial charge in [-0.25, -0.2) is 0 Å². The summed E-state index contributed by atoms with van der Waals surface area (Å²) in [6.45, 7) is 0.933. The zero-order valence-corrected chi connectivity index (χ0v) is 7.29. The maximum absolute atomic E-state index is 10.3. The van der Waals surface area contributed by atoms with Gasteiger partial charge in [0.1, 0.15) is 0 Å². The molecule has 0 heterocycles. The van der Waals surface area contributed by atoms with Crippen molar-refractivity contribution in [2.24, 2.45) is 0 Å². The maximum Gasteiger partial charge on any atom is 0.0619 e. The van der Waals surface area contributed by atoms with Gasteiger partial charge >= 0.3 is 0 Å². The highest BCUT2D eigenvalue weighted by molar-refractivity contribution is 8.05. The average Bonchev–Trinajstić information content (AvgIpc) is 1.14. The average molecular weight is 168 g/mol. The third-order valence-electron chi connectivity index (χ3n) is 0.386. The van der Waals surface area contributed by atoms with E-state index in [1.165, 1.54) is 0 Å². The molecule has 3 nitrogen and oxygen atoms in total. The van der Waals surface area contributed by atoms with Crippen LogP contribution < -0.4 is 9.79 Å². The van der Waals surface area contributed by atoms with Crippen molar-refractivity contribution in [1.29, 1.82) is 0 Å². The lowest BCUT2D eigenvalue weighted by Crippen LogP contribution is -2.26. The van der Waals surface area contributed by atoms with Crippen LogP contribution in [0.1, 0.15) is 20.8 Å². The van der Waals surface area contributed by atoms with E-state index in [-0.39, 0.29) is 0 Å². The highest BCUT2D eigenvalue weighted by Crippen LogP contribution is 2.32. The summed E-state index contributed by atoms with van der Waals surface area (Å²) in [7, 11) is 0. The second-order valence-corrected chi connectivity index (χ2v) is 5.07. The van der Waals surface area contributed by atoms with Crippen molar-refractivity contribution in [2.75, 3.05) is 0 Å². The topological polar surface area (TPSA) is 55.3 Å². The van der Waals surface area contributed by atoms with Crippen LogP contribution in [0.2, 0.25) is 0 Å². The minimum absolute atomic E-state index is 0.695. The molecule has 0 saturated heterocycles. The van der Waals surface area contributed by atoms with Crippen LogP contribution in [0.5, 0.6) is 0 Å². The Morgan fingerprint density at radius 1 is 1.33 bits per heavy atom. The lowest BCUT2D eigenvalue weighted by atomic mass is 10.2. The van der Waals surface area contributed by atoms with Gasteiger partial charge in [0.2, 0.25) is 0 Å². The molecule has 9 heavy (non-hydrogen) atoms. The molecular weight excluding hydrogens is 159 g/mol. The highest BCUT2D eigenvalue weighted by atomic mass is 32.5. The van der Waals surface area contributed by atoms with Crippen LogP contribution >= 0.6 is 6.72 Å². The van der Waals surface area contributed by atoms with Gasteiger partial charge in [0.25, 0.3) is 0 Å². The van der Waals surface area contributed by atoms with Crippen molar-refractivity contribution in [3.8, 4) is 0 Å². The SMILES string of the molecule is CC(C)(C)OP([O-])([O-])=S. The van der Waals surface area contributed by atoms with E-state index < -0.39 is 12.3 Å². The second kappa shape index (κ2) is 2.64. The summed E-state index contributed by atoms with van der Waals surface area (Å²) in [5, 5.41) is 0. The molecule has 0 amide bonds. The van der Waals surface area contributed by atoms with Crippen LogP contribution in [0.25, 0.3) is 0 Å². The molecule has 0 aromatic rings. The van der Waals surface area contributed by atoms with Crippen molar-refractivity contribution in [3.05, 3.63) is 0 Å². The Bertz CT molecular complexity index is 133. The molecule has 0 N–H and O–H groups in total. The molecular formula is C4H9O3PS-2. The van der Waals surface area contributed by atoms with Crippen molar-refractivity contribution >= 4 is 18.5 Å². The second-order valence-electron chi connectivity index (χ2n) is 2.65. The fourth-order valence-electron chi connectivity index (χ4n) is 0.335. The lowest BCUT2D eigenvalue weighted by Gasteiger charge is -2.40. The minimum Gasteiger partial charge on any atom is -0.812 e. The van der Waals surface area contributed by atoms with E-state index in [0.717, 1.165) is 0 Å². The Labute approximate surface area is 59.9 Å². The molecule has 0 fully saturated rings. The fraction of sp³-hybridized carbons (Fsp3) is 1.00. The summed E-state index contributed by atoms with van der Waals surface area (Å²) in [5.41, 5.74) is -0.695. The molecule has 0 aromatic carbocycles. The molecule has 5 heteroatoms. The maximum atomic E-state index is 10.3. The van der Waals surface area contributed by atoms with Gasteiger partial charge in [-0.3, -0.25) is 0 Å². The first kappa shape index (κ1) is 9.53. The summed E-state index contributed by atoms with van der Waals surface area (Å²) < 4.78 is 4.44. The van der Waals surface area contributed by atoms with Gasteiger partial charge in [-0.2, -0.15) is 0 Å². The van der Waals surface area contributed by atoms with E-state index in [2.05, 4.69) is 16.3 Å². The van der Waals surface area contributed by atoms with Crippen LogP contribution in [-0.2, 0) is 16.3 Å². The summed E-state index contributed by atoms with van der Waals surface area (Å²) >= 11 is 4.01. The molecule has 0 atom stereocenters. The molecule has 0 radical (unpaired) electrons. The molecule has 0 aromatic heterocycles. The third kappa shape index (κ3) is 8.53. The molecule has 0 aliphatic carbocycles. The van der Waals surface area contributed by atoms with Crippen LogP contribution in [0.4, 0.5) is 0 Å². The zero-order chi connectivity index (χ0) is 7.71. The largest absolute Gasteiger partial charge is 0.812 e. The van der Waals surface area contributed by atoms with E-state index >= 15 is 0 Å². The molecule has 0 bridgehead atoms. The van der Waals surface area contributed by atoms with Gasteiger partial charge in [0.15, 0.2) is 0 Å². The van der Waals surface area contributed by atoms with Crippen LogP contribution in [0.3, 0.4) is 0 Å². The van der Waals surface area contributed by atoms with Gasteiger partial charge in [-0.05, 0) is 20.8 Å². The first-order valence-electron chi connectivity index (χ1n) is 2.43. The summed E-state index contributed by atoms with van der Waals surface area (Å²) in [5.74, 6) is 0. The van der Waals surface area contributed by atoms with Crippen molar-refractivity contribution in [3.63, 3.8) is 0 Å². The van der Waals surface area contributed by atoms with E-state index in [1.54, 1.807) is 20.8 Å². The number of hydrogen-bond acceptors (Lipinski definition) is 4. The Morgan fingerprint density at radius 3 is 1.67 bits per heavy atom. The van der Waals surface area contributed by atoms with Gasteiger partial charge in [-0.15, -0.1) is 11.8 Å². The minimum atomic E-state index is -3.95. The van der Waals surface area contributed by atoms with E-state index in [1.807, 2.05) is 0 Å². The highest BCUT2D eigenvalue weighted by Gasteiger charge is 2.09. The summed E-state index contributed by atoms with van der Waals surface area (Å²) in [6.07, 6.45) is 0. The van der Waals surface area contributed by atoms with Crippen molar-refractivity contribution in [2.45, 2.75) is 26.4 Å². The van der Waals surface area contributed by atoms with Crippen LogP contribution in [0.15, 0.2) is 0 Å². The Kier molecular flexibility index (Phi) is 2.80. The van der Waals surface area contributed by atoms with Crippen molar-refractivity contribution in [1.82, 2.24) is 0 Å². The quantitative estimate of drug-likeness (QED) is 0.506. The van der Waals surface area contributed by atoms with Gasteiger partial charge in [-0.1, -0.05) is 6.72 Å². The summed E-state index contributed by atoms with van der Waals surface area (Å²) in [4.78, 5) is 20.5. The zero-order valence-electron chi connectivity index (χ0n) is 5.58. The van der Waals surface area contributed by atoms with E-state index in [4.69, 9.17) is 0 Å². The predicted molar refractivity (Wildman–Crippen MR) is 35.1 cm³/mol. The Balaban J connectivity index is 3.90. The molecule has 0 saturated carbocycles. The van der Waals surface area contributed by atoms with Crippen LogP contribution in [0, 0.1) is 0 Å². The standard InChI is InChI=1S/C4H11O3PS/c1-4(2,3)7-8(5,6)9/h1-3H3,(H2,5,6,9)/p-2. The number of hydrogen-bond donors (Lipinski definition) is 0. The molecule has 56 valence electrons. The van der Waals surface area contributed by atoms with Crippen molar-refractivity contribution < 1.29 is 14.3 Å². The number of rotatable bonds is 1.